The molecule has 0 spiro atoms. The molecule has 0 heterocycles. The first-order valence-corrected chi connectivity index (χ1v) is 6.18. The fourth-order valence-electron chi connectivity index (χ4n) is 1.67. The smallest absolute Gasteiger partial charge is 0.127 e. The maximum atomic E-state index is 13.6. The van der Waals surface area contributed by atoms with Crippen LogP contribution in [0.1, 0.15) is 12.5 Å². The zero-order chi connectivity index (χ0) is 13.6. The van der Waals surface area contributed by atoms with Crippen LogP contribution >= 0.6 is 11.6 Å². The van der Waals surface area contributed by atoms with E-state index < -0.39 is 5.60 Å². The molecule has 0 aliphatic rings. The minimum Gasteiger partial charge on any atom is -0.389 e. The van der Waals surface area contributed by atoms with Crippen molar-refractivity contribution in [1.82, 2.24) is 5.32 Å². The van der Waals surface area contributed by atoms with Gasteiger partial charge in [0.2, 0.25) is 0 Å². The highest BCUT2D eigenvalue weighted by molar-refractivity contribution is 6.30. The summed E-state index contributed by atoms with van der Waals surface area (Å²) in [6, 6.07) is 4.47. The van der Waals surface area contributed by atoms with Gasteiger partial charge in [0.25, 0.3) is 0 Å². The lowest BCUT2D eigenvalue weighted by atomic mass is 9.96. The summed E-state index contributed by atoms with van der Waals surface area (Å²) < 4.78 is 18.5. The second-order valence-corrected chi connectivity index (χ2v) is 5.02. The number of ether oxygens (including phenoxy) is 1. The van der Waals surface area contributed by atoms with E-state index in [-0.39, 0.29) is 12.2 Å². The van der Waals surface area contributed by atoms with E-state index in [1.807, 2.05) is 0 Å². The fourth-order valence-corrected chi connectivity index (χ4v) is 1.83. The topological polar surface area (TPSA) is 41.5 Å². The number of hydrogen-bond donors (Lipinski definition) is 2. The first-order valence-electron chi connectivity index (χ1n) is 5.80. The number of nitrogens with one attached hydrogen (secondary N) is 1. The molecular weight excluding hydrogens is 257 g/mol. The number of aliphatic hydroxyl groups is 1. The highest BCUT2D eigenvalue weighted by atomic mass is 35.5. The van der Waals surface area contributed by atoms with Gasteiger partial charge in [0.1, 0.15) is 5.82 Å². The number of halogens is 2. The van der Waals surface area contributed by atoms with Crippen LogP contribution in [0.15, 0.2) is 18.2 Å². The van der Waals surface area contributed by atoms with Gasteiger partial charge in [0.15, 0.2) is 0 Å². The van der Waals surface area contributed by atoms with E-state index in [2.05, 4.69) is 5.32 Å². The molecule has 1 aromatic carbocycles. The summed E-state index contributed by atoms with van der Waals surface area (Å²) in [6.45, 7) is 3.26. The van der Waals surface area contributed by atoms with Crippen molar-refractivity contribution in [3.05, 3.63) is 34.6 Å². The summed E-state index contributed by atoms with van der Waals surface area (Å²) in [7, 11) is 1.61. The van der Waals surface area contributed by atoms with Gasteiger partial charge in [-0.15, -0.1) is 0 Å². The minimum absolute atomic E-state index is 0.232. The molecular formula is C13H19ClFNO2. The first kappa shape index (κ1) is 15.4. The standard InChI is InChI=1S/C13H19ClFNO2/c1-13(17,9-16-5-6-18-2)8-10-3-4-11(14)7-12(10)15/h3-4,7,16-17H,5-6,8-9H2,1-2H3. The summed E-state index contributed by atoms with van der Waals surface area (Å²) in [5.41, 5.74) is -0.555. The Kier molecular flexibility index (Phi) is 6.02. The minimum atomic E-state index is -1.01. The molecule has 2 N–H and O–H groups in total. The number of hydrogen-bond acceptors (Lipinski definition) is 3. The Labute approximate surface area is 112 Å². The highest BCUT2D eigenvalue weighted by Crippen LogP contribution is 2.19. The van der Waals surface area contributed by atoms with E-state index in [4.69, 9.17) is 16.3 Å². The Morgan fingerprint density at radius 3 is 2.83 bits per heavy atom. The molecule has 5 heteroatoms. The number of benzene rings is 1. The molecule has 0 bridgehead atoms. The molecule has 1 unspecified atom stereocenters. The lowest BCUT2D eigenvalue weighted by Gasteiger charge is -2.24. The van der Waals surface area contributed by atoms with Crippen LogP contribution in [0, 0.1) is 5.82 Å². The summed E-state index contributed by atoms with van der Waals surface area (Å²) in [5.74, 6) is -0.389. The largest absolute Gasteiger partial charge is 0.389 e. The van der Waals surface area contributed by atoms with Crippen LogP contribution < -0.4 is 5.32 Å². The van der Waals surface area contributed by atoms with Crippen LogP contribution in [0.25, 0.3) is 0 Å². The van der Waals surface area contributed by atoms with Gasteiger partial charge in [0, 0.05) is 31.6 Å². The molecule has 0 aromatic heterocycles. The quantitative estimate of drug-likeness (QED) is 0.748. The van der Waals surface area contributed by atoms with Gasteiger partial charge in [-0.3, -0.25) is 0 Å². The molecule has 0 saturated heterocycles. The number of methoxy groups -OCH3 is 1. The third-order valence-corrected chi connectivity index (χ3v) is 2.81. The molecule has 0 aliphatic carbocycles. The lowest BCUT2D eigenvalue weighted by Crippen LogP contribution is -2.41. The van der Waals surface area contributed by atoms with Crippen molar-refractivity contribution in [2.45, 2.75) is 18.9 Å². The van der Waals surface area contributed by atoms with Crippen LogP contribution in [0.5, 0.6) is 0 Å². The van der Waals surface area contributed by atoms with E-state index in [9.17, 15) is 9.50 Å². The van der Waals surface area contributed by atoms with Gasteiger partial charge < -0.3 is 15.2 Å². The Bertz CT molecular complexity index is 385. The van der Waals surface area contributed by atoms with Gasteiger partial charge in [-0.1, -0.05) is 17.7 Å². The molecule has 0 amide bonds. The molecule has 0 radical (unpaired) electrons. The van der Waals surface area contributed by atoms with Gasteiger partial charge in [-0.25, -0.2) is 4.39 Å². The zero-order valence-electron chi connectivity index (χ0n) is 10.7. The highest BCUT2D eigenvalue weighted by Gasteiger charge is 2.22. The average Bonchev–Trinajstić information content (AvgIpc) is 2.28. The molecule has 1 atom stereocenters. The van der Waals surface area contributed by atoms with Gasteiger partial charge in [0.05, 0.1) is 12.2 Å². The summed E-state index contributed by atoms with van der Waals surface area (Å²) >= 11 is 5.68. The Morgan fingerprint density at radius 1 is 1.50 bits per heavy atom. The van der Waals surface area contributed by atoms with E-state index in [1.54, 1.807) is 26.2 Å². The molecule has 102 valence electrons. The molecule has 0 fully saturated rings. The second-order valence-electron chi connectivity index (χ2n) is 4.58. The maximum absolute atomic E-state index is 13.6. The van der Waals surface area contributed by atoms with E-state index in [0.717, 1.165) is 0 Å². The van der Waals surface area contributed by atoms with E-state index in [0.29, 0.717) is 30.3 Å². The normalized spacial score (nSPS) is 14.5. The third kappa shape index (κ3) is 5.31. The van der Waals surface area contributed by atoms with Crippen LogP contribution in [0.2, 0.25) is 5.02 Å². The predicted molar refractivity (Wildman–Crippen MR) is 70.5 cm³/mol. The second kappa shape index (κ2) is 7.04. The van der Waals surface area contributed by atoms with Gasteiger partial charge in [-0.05, 0) is 24.6 Å². The van der Waals surface area contributed by atoms with Gasteiger partial charge in [-0.2, -0.15) is 0 Å². The average molecular weight is 276 g/mol. The molecule has 3 nitrogen and oxygen atoms in total. The van der Waals surface area contributed by atoms with Crippen molar-refractivity contribution < 1.29 is 14.2 Å². The summed E-state index contributed by atoms with van der Waals surface area (Å²) in [6.07, 6.45) is 0.232. The van der Waals surface area contributed by atoms with Crippen molar-refractivity contribution >= 4 is 11.6 Å². The van der Waals surface area contributed by atoms with Crippen molar-refractivity contribution in [1.29, 1.82) is 0 Å². The van der Waals surface area contributed by atoms with Crippen molar-refractivity contribution in [2.75, 3.05) is 26.8 Å². The van der Waals surface area contributed by atoms with Crippen LogP contribution in [-0.2, 0) is 11.2 Å². The molecule has 1 aromatic rings. The van der Waals surface area contributed by atoms with Gasteiger partial charge >= 0.3 is 0 Å². The van der Waals surface area contributed by atoms with E-state index >= 15 is 0 Å². The van der Waals surface area contributed by atoms with Crippen LogP contribution in [0.4, 0.5) is 4.39 Å². The zero-order valence-corrected chi connectivity index (χ0v) is 11.4. The van der Waals surface area contributed by atoms with E-state index in [1.165, 1.54) is 6.07 Å². The SMILES string of the molecule is COCCNCC(C)(O)Cc1ccc(Cl)cc1F. The Balaban J connectivity index is 2.53. The Hall–Kier alpha value is -0.680. The summed E-state index contributed by atoms with van der Waals surface area (Å²) in [4.78, 5) is 0. The molecule has 0 aliphatic heterocycles. The monoisotopic (exact) mass is 275 g/mol. The molecule has 0 saturated carbocycles. The molecule has 18 heavy (non-hydrogen) atoms. The van der Waals surface area contributed by atoms with Crippen LogP contribution in [-0.4, -0.2) is 37.5 Å². The first-order chi connectivity index (χ1) is 8.44. The van der Waals surface area contributed by atoms with Crippen molar-refractivity contribution in [2.24, 2.45) is 0 Å². The fraction of sp³-hybridized carbons (Fsp3) is 0.538. The lowest BCUT2D eigenvalue weighted by molar-refractivity contribution is 0.0573. The molecule has 1 rings (SSSR count). The van der Waals surface area contributed by atoms with Crippen molar-refractivity contribution in [3.63, 3.8) is 0 Å². The predicted octanol–water partition coefficient (Wildman–Crippen LogP) is 2.01. The third-order valence-electron chi connectivity index (χ3n) is 2.58. The van der Waals surface area contributed by atoms with Crippen molar-refractivity contribution in [3.8, 4) is 0 Å². The van der Waals surface area contributed by atoms with Crippen LogP contribution in [0.3, 0.4) is 0 Å². The summed E-state index contributed by atoms with van der Waals surface area (Å²) in [5, 5.41) is 13.6. The number of rotatable bonds is 7. The maximum Gasteiger partial charge on any atom is 0.127 e. The Morgan fingerprint density at radius 2 is 2.22 bits per heavy atom.